The van der Waals surface area contributed by atoms with E-state index in [1.807, 2.05) is 56.6 Å². The molecule has 1 amide bonds. The van der Waals surface area contributed by atoms with Gasteiger partial charge in [0.1, 0.15) is 18.0 Å². The average Bonchev–Trinajstić information content (AvgIpc) is 3.70. The number of aliphatic hydroxyl groups excluding tert-OH is 1. The lowest BCUT2D eigenvalue weighted by Crippen LogP contribution is -2.47. The van der Waals surface area contributed by atoms with Crippen molar-refractivity contribution >= 4 is 17.2 Å². The molecule has 0 bridgehead atoms. The zero-order valence-electron chi connectivity index (χ0n) is 23.2. The Morgan fingerprint density at radius 2 is 1.90 bits per heavy atom. The Hall–Kier alpha value is -4.23. The van der Waals surface area contributed by atoms with E-state index in [2.05, 4.69) is 33.3 Å². The molecule has 0 aliphatic carbocycles. The Bertz CT molecular complexity index is 1600. The number of nitrogens with zero attached hydrogens (tertiary/aromatic N) is 8. The maximum Gasteiger partial charge on any atom is 0.251 e. The molecule has 1 spiro atoms. The van der Waals surface area contributed by atoms with Crippen molar-refractivity contribution in [3.63, 3.8) is 0 Å². The van der Waals surface area contributed by atoms with Crippen LogP contribution >= 0.6 is 0 Å². The number of aromatic nitrogens is 5. The fourth-order valence-corrected chi connectivity index (χ4v) is 6.22. The van der Waals surface area contributed by atoms with E-state index < -0.39 is 6.10 Å². The first-order valence-electron chi connectivity index (χ1n) is 13.9. The normalized spacial score (nSPS) is 20.0. The highest BCUT2D eigenvalue weighted by Crippen LogP contribution is 2.41. The van der Waals surface area contributed by atoms with E-state index in [1.165, 1.54) is 0 Å². The number of carbonyl (C=O) groups is 1. The van der Waals surface area contributed by atoms with Gasteiger partial charge in [-0.05, 0) is 43.4 Å². The summed E-state index contributed by atoms with van der Waals surface area (Å²) in [5.74, 6) is 0.666. The highest BCUT2D eigenvalue weighted by molar-refractivity contribution is 5.87. The number of hydrogen-bond donors (Lipinski definition) is 1. The molecule has 4 aromatic heterocycles. The maximum absolute atomic E-state index is 12.8. The van der Waals surface area contributed by atoms with Gasteiger partial charge in [0.15, 0.2) is 0 Å². The molecule has 10 heteroatoms. The van der Waals surface area contributed by atoms with Crippen molar-refractivity contribution in [2.75, 3.05) is 31.1 Å². The molecule has 2 fully saturated rings. The second kappa shape index (κ2) is 10.1. The van der Waals surface area contributed by atoms with Gasteiger partial charge in [-0.25, -0.2) is 9.50 Å². The lowest BCUT2D eigenvalue weighted by atomic mass is 9.79. The number of nitriles is 1. The van der Waals surface area contributed by atoms with Gasteiger partial charge in [-0.15, -0.1) is 0 Å². The summed E-state index contributed by atoms with van der Waals surface area (Å²) in [6.07, 6.45) is 11.3. The van der Waals surface area contributed by atoms with Gasteiger partial charge in [0.05, 0.1) is 23.5 Å². The van der Waals surface area contributed by atoms with Crippen molar-refractivity contribution in [2.45, 2.75) is 39.2 Å². The molecule has 40 heavy (non-hydrogen) atoms. The zero-order valence-corrected chi connectivity index (χ0v) is 23.2. The molecule has 4 aromatic rings. The van der Waals surface area contributed by atoms with Crippen LogP contribution < -0.4 is 4.90 Å². The molecule has 10 nitrogen and oxygen atoms in total. The van der Waals surface area contributed by atoms with Crippen molar-refractivity contribution in [2.24, 2.45) is 18.4 Å². The van der Waals surface area contributed by atoms with Gasteiger partial charge in [-0.1, -0.05) is 13.8 Å². The Morgan fingerprint density at radius 1 is 1.05 bits per heavy atom. The average molecular weight is 539 g/mol. The van der Waals surface area contributed by atoms with E-state index in [9.17, 15) is 15.2 Å². The first-order chi connectivity index (χ1) is 19.3. The predicted molar refractivity (Wildman–Crippen MR) is 151 cm³/mol. The monoisotopic (exact) mass is 538 g/mol. The van der Waals surface area contributed by atoms with Crippen molar-refractivity contribution in [1.29, 1.82) is 5.26 Å². The van der Waals surface area contributed by atoms with Crippen LogP contribution in [0.2, 0.25) is 0 Å². The van der Waals surface area contributed by atoms with Crippen LogP contribution in [0, 0.1) is 22.7 Å². The van der Waals surface area contributed by atoms with E-state index in [-0.39, 0.29) is 17.2 Å². The third-order valence-electron chi connectivity index (χ3n) is 8.45. The van der Waals surface area contributed by atoms with Crippen LogP contribution in [0.4, 0.5) is 5.82 Å². The summed E-state index contributed by atoms with van der Waals surface area (Å²) in [5.41, 5.74) is 5.00. The van der Waals surface area contributed by atoms with Crippen LogP contribution in [0.25, 0.3) is 27.8 Å². The van der Waals surface area contributed by atoms with Gasteiger partial charge >= 0.3 is 0 Å². The minimum Gasteiger partial charge on any atom is -0.383 e. The standard InChI is InChI=1S/C30H34N8O2/c1-20(2)28(39)29(40)37-10-8-30(19-37)7-4-9-36(18-30)26-6-5-21(13-32-26)25-11-22(24-15-33-35(3)16-24)17-38-27(25)23(12-31)14-34-38/h5-6,11,13-17,20,28,39H,4,7-10,18-19H2,1-3H3. The molecule has 6 heterocycles. The Morgan fingerprint density at radius 3 is 2.60 bits per heavy atom. The van der Waals surface area contributed by atoms with Crippen molar-refractivity contribution in [3.8, 4) is 28.3 Å². The number of hydrogen-bond acceptors (Lipinski definition) is 7. The number of aliphatic hydroxyl groups is 1. The first-order valence-corrected chi connectivity index (χ1v) is 13.9. The number of likely N-dealkylation sites (tertiary alicyclic amines) is 1. The summed E-state index contributed by atoms with van der Waals surface area (Å²) >= 11 is 0. The molecule has 0 aromatic carbocycles. The van der Waals surface area contributed by atoms with Crippen molar-refractivity contribution in [3.05, 3.63) is 54.7 Å². The number of fused-ring (bicyclic) bond motifs is 1. The fourth-order valence-electron chi connectivity index (χ4n) is 6.22. The minimum atomic E-state index is -0.940. The van der Waals surface area contributed by atoms with E-state index in [0.29, 0.717) is 18.7 Å². The highest BCUT2D eigenvalue weighted by atomic mass is 16.3. The predicted octanol–water partition coefficient (Wildman–Crippen LogP) is 3.50. The van der Waals surface area contributed by atoms with Crippen molar-refractivity contribution < 1.29 is 9.90 Å². The van der Waals surface area contributed by atoms with E-state index in [0.717, 1.165) is 65.9 Å². The fraction of sp³-hybridized carbons (Fsp3) is 0.433. The Balaban J connectivity index is 1.26. The first kappa shape index (κ1) is 26.0. The Kier molecular flexibility index (Phi) is 6.55. The molecule has 6 rings (SSSR count). The van der Waals surface area contributed by atoms with Crippen LogP contribution in [0.5, 0.6) is 0 Å². The number of aryl methyl sites for hydroxylation is 1. The van der Waals surface area contributed by atoms with E-state index in [4.69, 9.17) is 4.98 Å². The third-order valence-corrected chi connectivity index (χ3v) is 8.45. The van der Waals surface area contributed by atoms with Gasteiger partial charge < -0.3 is 14.9 Å². The molecule has 2 atom stereocenters. The van der Waals surface area contributed by atoms with Gasteiger partial charge in [-0.2, -0.15) is 15.5 Å². The van der Waals surface area contributed by atoms with E-state index in [1.54, 1.807) is 15.4 Å². The third kappa shape index (κ3) is 4.60. The van der Waals surface area contributed by atoms with Crippen LogP contribution in [0.1, 0.15) is 38.7 Å². The number of anilines is 1. The summed E-state index contributed by atoms with van der Waals surface area (Å²) in [6.45, 7) is 6.88. The SMILES string of the molecule is CC(C)C(O)C(=O)N1CCC2(CCCN(c3ccc(-c4cc(-c5cnn(C)c5)cn5ncc(C#N)c45)cn3)C2)C1. The number of amides is 1. The molecule has 0 radical (unpaired) electrons. The number of piperidine rings is 1. The molecule has 1 N–H and O–H groups in total. The maximum atomic E-state index is 12.8. The summed E-state index contributed by atoms with van der Waals surface area (Å²) in [7, 11) is 1.88. The summed E-state index contributed by atoms with van der Waals surface area (Å²) in [5, 5.41) is 28.8. The minimum absolute atomic E-state index is 0.0223. The lowest BCUT2D eigenvalue weighted by Gasteiger charge is -2.41. The van der Waals surface area contributed by atoms with Crippen molar-refractivity contribution in [1.82, 2.24) is 29.3 Å². The second-order valence-corrected chi connectivity index (χ2v) is 11.6. The van der Waals surface area contributed by atoms with Gasteiger partial charge in [-0.3, -0.25) is 9.48 Å². The summed E-state index contributed by atoms with van der Waals surface area (Å²) in [4.78, 5) is 21.8. The summed E-state index contributed by atoms with van der Waals surface area (Å²) < 4.78 is 3.51. The van der Waals surface area contributed by atoms with E-state index >= 15 is 0 Å². The number of rotatable bonds is 5. The van der Waals surface area contributed by atoms with Crippen LogP contribution in [-0.4, -0.2) is 72.6 Å². The topological polar surface area (TPSA) is 116 Å². The molecule has 2 aliphatic heterocycles. The molecular formula is C30H34N8O2. The quantitative estimate of drug-likeness (QED) is 0.413. The molecule has 2 saturated heterocycles. The van der Waals surface area contributed by atoms with Gasteiger partial charge in [0.2, 0.25) is 0 Å². The highest BCUT2D eigenvalue weighted by Gasteiger charge is 2.44. The molecule has 2 unspecified atom stereocenters. The molecule has 206 valence electrons. The van der Waals surface area contributed by atoms with Crippen LogP contribution in [-0.2, 0) is 11.8 Å². The number of carbonyl (C=O) groups excluding carboxylic acids is 1. The second-order valence-electron chi connectivity index (χ2n) is 11.6. The number of pyridine rings is 2. The zero-order chi connectivity index (χ0) is 28.0. The Labute approximate surface area is 233 Å². The molecular weight excluding hydrogens is 504 g/mol. The van der Waals surface area contributed by atoms with Crippen LogP contribution in [0.15, 0.2) is 49.2 Å². The van der Waals surface area contributed by atoms with Gasteiger partial charge in [0, 0.05) is 79.5 Å². The largest absolute Gasteiger partial charge is 0.383 e. The summed E-state index contributed by atoms with van der Waals surface area (Å²) in [6, 6.07) is 8.44. The molecule has 2 aliphatic rings. The lowest BCUT2D eigenvalue weighted by molar-refractivity contribution is -0.141. The van der Waals surface area contributed by atoms with Gasteiger partial charge in [0.25, 0.3) is 5.91 Å². The van der Waals surface area contributed by atoms with Crippen LogP contribution in [0.3, 0.4) is 0 Å². The molecule has 0 saturated carbocycles. The smallest absolute Gasteiger partial charge is 0.251 e.